The molecular weight excluding hydrogens is 375 g/mol. The van der Waals surface area contributed by atoms with Gasteiger partial charge in [0.05, 0.1) is 22.8 Å². The molecule has 0 aliphatic rings. The van der Waals surface area contributed by atoms with Gasteiger partial charge in [0.1, 0.15) is 0 Å². The van der Waals surface area contributed by atoms with Crippen LogP contribution in [0.5, 0.6) is 0 Å². The summed E-state index contributed by atoms with van der Waals surface area (Å²) >= 11 is 11.8. The van der Waals surface area contributed by atoms with Crippen LogP contribution in [0.25, 0.3) is 5.69 Å². The van der Waals surface area contributed by atoms with Gasteiger partial charge in [-0.2, -0.15) is 4.68 Å². The van der Waals surface area contributed by atoms with Gasteiger partial charge in [-0.3, -0.25) is 4.79 Å². The molecule has 1 N–H and O–H groups in total. The third kappa shape index (κ3) is 3.75. The lowest BCUT2D eigenvalue weighted by atomic mass is 10.2. The Hall–Kier alpha value is -2.58. The van der Waals surface area contributed by atoms with Crippen molar-refractivity contribution in [3.63, 3.8) is 0 Å². The summed E-state index contributed by atoms with van der Waals surface area (Å²) in [7, 11) is 0. The average Bonchev–Trinajstić information content (AvgIpc) is 3.03. The number of carbonyl (C=O) groups excluding carboxylic acids is 1. The first kappa shape index (κ1) is 17.2. The van der Waals surface area contributed by atoms with E-state index in [1.54, 1.807) is 0 Å². The van der Waals surface area contributed by atoms with Crippen molar-refractivity contribution in [3.8, 4) is 5.69 Å². The SMILES string of the molecule is O=C(NCc1nnnn1-c1ccc(F)c(F)c1)c1ccc(Cl)cc1Cl. The van der Waals surface area contributed by atoms with Crippen molar-refractivity contribution >= 4 is 29.1 Å². The summed E-state index contributed by atoms with van der Waals surface area (Å²) in [5.41, 5.74) is 0.454. The maximum atomic E-state index is 13.4. The molecule has 10 heteroatoms. The van der Waals surface area contributed by atoms with Crippen LogP contribution in [0.2, 0.25) is 10.0 Å². The van der Waals surface area contributed by atoms with E-state index in [1.807, 2.05) is 0 Å². The Balaban J connectivity index is 1.77. The maximum absolute atomic E-state index is 13.4. The fraction of sp³-hybridized carbons (Fsp3) is 0.0667. The normalized spacial score (nSPS) is 10.7. The van der Waals surface area contributed by atoms with Gasteiger partial charge < -0.3 is 5.32 Å². The van der Waals surface area contributed by atoms with Crippen LogP contribution in [0.1, 0.15) is 16.2 Å². The van der Waals surface area contributed by atoms with Crippen LogP contribution in [0.3, 0.4) is 0 Å². The van der Waals surface area contributed by atoms with Gasteiger partial charge in [0.2, 0.25) is 0 Å². The van der Waals surface area contributed by atoms with E-state index in [-0.39, 0.29) is 28.6 Å². The highest BCUT2D eigenvalue weighted by Gasteiger charge is 2.14. The topological polar surface area (TPSA) is 72.7 Å². The van der Waals surface area contributed by atoms with Crippen LogP contribution in [0.15, 0.2) is 36.4 Å². The van der Waals surface area contributed by atoms with Gasteiger partial charge in [-0.25, -0.2) is 8.78 Å². The second-order valence-electron chi connectivity index (χ2n) is 4.91. The fourth-order valence-corrected chi connectivity index (χ4v) is 2.56. The summed E-state index contributed by atoms with van der Waals surface area (Å²) in [4.78, 5) is 12.2. The van der Waals surface area contributed by atoms with Gasteiger partial charge >= 0.3 is 0 Å². The summed E-state index contributed by atoms with van der Waals surface area (Å²) in [5.74, 6) is -2.24. The molecule has 1 heterocycles. The molecule has 1 amide bonds. The van der Waals surface area contributed by atoms with Crippen molar-refractivity contribution in [3.05, 3.63) is 69.5 Å². The van der Waals surface area contributed by atoms with E-state index in [0.29, 0.717) is 5.02 Å². The van der Waals surface area contributed by atoms with Crippen LogP contribution in [-0.2, 0) is 6.54 Å². The minimum absolute atomic E-state index is 0.0518. The van der Waals surface area contributed by atoms with Crippen molar-refractivity contribution in [2.45, 2.75) is 6.54 Å². The van der Waals surface area contributed by atoms with Gasteiger partial charge in [-0.05, 0) is 40.8 Å². The number of aromatic nitrogens is 4. The minimum atomic E-state index is -1.03. The lowest BCUT2D eigenvalue weighted by Crippen LogP contribution is -2.25. The summed E-state index contributed by atoms with van der Waals surface area (Å²) in [6.45, 7) is -0.0518. The number of hydrogen-bond donors (Lipinski definition) is 1. The lowest BCUT2D eigenvalue weighted by molar-refractivity contribution is 0.0950. The first-order chi connectivity index (χ1) is 12.0. The van der Waals surface area contributed by atoms with Crippen molar-refractivity contribution < 1.29 is 13.6 Å². The Morgan fingerprint density at radius 1 is 1.12 bits per heavy atom. The first-order valence-electron chi connectivity index (χ1n) is 6.91. The quantitative estimate of drug-likeness (QED) is 0.750. The Morgan fingerprint density at radius 2 is 1.92 bits per heavy atom. The van der Waals surface area contributed by atoms with Gasteiger partial charge in [-0.1, -0.05) is 23.2 Å². The molecule has 0 aliphatic carbocycles. The standard InChI is InChI=1S/C15H9Cl2F2N5O/c16-8-1-3-10(11(17)5-8)15(25)20-7-14-21-22-23-24(14)9-2-4-12(18)13(19)6-9/h1-6H,7H2,(H,20,25). The predicted octanol–water partition coefficient (Wildman–Crippen LogP) is 3.18. The number of amides is 1. The molecule has 2 aromatic carbocycles. The zero-order valence-corrected chi connectivity index (χ0v) is 13.9. The van der Waals surface area contributed by atoms with Crippen molar-refractivity contribution in [2.24, 2.45) is 0 Å². The molecule has 0 atom stereocenters. The molecule has 0 fully saturated rings. The minimum Gasteiger partial charge on any atom is -0.345 e. The Kier molecular flexibility index (Phi) is 4.91. The largest absolute Gasteiger partial charge is 0.345 e. The van der Waals surface area contributed by atoms with E-state index in [1.165, 1.54) is 28.9 Å². The van der Waals surface area contributed by atoms with E-state index < -0.39 is 17.5 Å². The molecule has 0 unspecified atom stereocenters. The molecule has 3 aromatic rings. The summed E-state index contributed by atoms with van der Waals surface area (Å²) in [6.07, 6.45) is 0. The van der Waals surface area contributed by atoms with Gasteiger partial charge in [0.25, 0.3) is 5.91 Å². The second kappa shape index (κ2) is 7.12. The molecule has 0 spiro atoms. The smallest absolute Gasteiger partial charge is 0.253 e. The van der Waals surface area contributed by atoms with Crippen LogP contribution in [0, 0.1) is 11.6 Å². The lowest BCUT2D eigenvalue weighted by Gasteiger charge is -2.08. The van der Waals surface area contributed by atoms with Crippen molar-refractivity contribution in [1.82, 2.24) is 25.5 Å². The molecule has 25 heavy (non-hydrogen) atoms. The van der Waals surface area contributed by atoms with Gasteiger partial charge in [-0.15, -0.1) is 5.10 Å². The molecule has 128 valence electrons. The number of tetrazole rings is 1. The molecule has 0 radical (unpaired) electrons. The Bertz CT molecular complexity index is 947. The zero-order valence-electron chi connectivity index (χ0n) is 12.4. The number of rotatable bonds is 4. The monoisotopic (exact) mass is 383 g/mol. The molecule has 6 nitrogen and oxygen atoms in total. The predicted molar refractivity (Wildman–Crippen MR) is 86.7 cm³/mol. The summed E-state index contributed by atoms with van der Waals surface area (Å²) in [6, 6.07) is 7.70. The van der Waals surface area contributed by atoms with Crippen molar-refractivity contribution in [1.29, 1.82) is 0 Å². The Labute approximate surface area is 150 Å². The molecule has 1 aromatic heterocycles. The average molecular weight is 384 g/mol. The first-order valence-corrected chi connectivity index (χ1v) is 7.67. The van der Waals surface area contributed by atoms with Gasteiger partial charge in [0.15, 0.2) is 17.5 Å². The fourth-order valence-electron chi connectivity index (χ4n) is 2.06. The highest BCUT2D eigenvalue weighted by Crippen LogP contribution is 2.21. The number of halogens is 4. The van der Waals surface area contributed by atoms with E-state index in [4.69, 9.17) is 23.2 Å². The van der Waals surface area contributed by atoms with E-state index in [9.17, 15) is 13.6 Å². The maximum Gasteiger partial charge on any atom is 0.253 e. The molecule has 3 rings (SSSR count). The van der Waals surface area contributed by atoms with Crippen LogP contribution in [-0.4, -0.2) is 26.1 Å². The zero-order chi connectivity index (χ0) is 18.0. The van der Waals surface area contributed by atoms with E-state index in [0.717, 1.165) is 12.1 Å². The highest BCUT2D eigenvalue weighted by molar-refractivity contribution is 6.36. The number of hydrogen-bond acceptors (Lipinski definition) is 4. The number of nitrogens with one attached hydrogen (secondary N) is 1. The number of benzene rings is 2. The van der Waals surface area contributed by atoms with Crippen LogP contribution < -0.4 is 5.32 Å². The highest BCUT2D eigenvalue weighted by atomic mass is 35.5. The third-order valence-corrected chi connectivity index (χ3v) is 3.81. The van der Waals surface area contributed by atoms with Crippen LogP contribution in [0.4, 0.5) is 8.78 Å². The molecular formula is C15H9Cl2F2N5O. The second-order valence-corrected chi connectivity index (χ2v) is 5.76. The summed E-state index contributed by atoms with van der Waals surface area (Å²) in [5, 5.41) is 14.2. The van der Waals surface area contributed by atoms with Crippen molar-refractivity contribution in [2.75, 3.05) is 0 Å². The van der Waals surface area contributed by atoms with Gasteiger partial charge in [0, 0.05) is 11.1 Å². The summed E-state index contributed by atoms with van der Waals surface area (Å²) < 4.78 is 27.6. The third-order valence-electron chi connectivity index (χ3n) is 3.26. The number of carbonyl (C=O) groups is 1. The number of nitrogens with zero attached hydrogens (tertiary/aromatic N) is 4. The molecule has 0 saturated heterocycles. The van der Waals surface area contributed by atoms with E-state index >= 15 is 0 Å². The van der Waals surface area contributed by atoms with E-state index in [2.05, 4.69) is 20.8 Å². The molecule has 0 aliphatic heterocycles. The Morgan fingerprint density at radius 3 is 2.64 bits per heavy atom. The van der Waals surface area contributed by atoms with Crippen LogP contribution >= 0.6 is 23.2 Å². The molecule has 0 saturated carbocycles. The molecule has 0 bridgehead atoms.